The Hall–Kier alpha value is -2.48. The molecule has 8 heteroatoms. The minimum atomic E-state index is -0.270. The van der Waals surface area contributed by atoms with Crippen molar-refractivity contribution in [2.75, 3.05) is 0 Å². The van der Waals surface area contributed by atoms with Gasteiger partial charge in [0.15, 0.2) is 0 Å². The van der Waals surface area contributed by atoms with Gasteiger partial charge in [-0.25, -0.2) is 9.37 Å². The van der Waals surface area contributed by atoms with Gasteiger partial charge in [0.1, 0.15) is 5.82 Å². The third-order valence-electron chi connectivity index (χ3n) is 3.70. The van der Waals surface area contributed by atoms with Gasteiger partial charge < -0.3 is 0 Å². The fourth-order valence-electron chi connectivity index (χ4n) is 2.19. The summed E-state index contributed by atoms with van der Waals surface area (Å²) in [5.74, 6) is 0.456. The summed E-state index contributed by atoms with van der Waals surface area (Å²) >= 11 is 7.40. The first kappa shape index (κ1) is 20.3. The van der Waals surface area contributed by atoms with Crippen LogP contribution in [0.3, 0.4) is 0 Å². The van der Waals surface area contributed by atoms with E-state index in [4.69, 9.17) is 16.4 Å². The number of hydrogen-bond donors (Lipinski definition) is 1. The average Bonchev–Trinajstić information content (AvgIpc) is 2.70. The van der Waals surface area contributed by atoms with E-state index in [-0.39, 0.29) is 5.82 Å². The highest BCUT2D eigenvalue weighted by Crippen LogP contribution is 2.20. The molecule has 0 amide bonds. The molecule has 0 atom stereocenters. The summed E-state index contributed by atoms with van der Waals surface area (Å²) in [5, 5.41) is 9.57. The lowest BCUT2D eigenvalue weighted by atomic mass is 10.2. The van der Waals surface area contributed by atoms with E-state index >= 15 is 0 Å². The van der Waals surface area contributed by atoms with E-state index in [0.717, 1.165) is 16.9 Å². The Morgan fingerprint density at radius 2 is 1.79 bits per heavy atom. The number of nitrogens with one attached hydrogen (secondary N) is 1. The molecule has 1 heterocycles. The van der Waals surface area contributed by atoms with Crippen LogP contribution >= 0.6 is 23.4 Å². The van der Waals surface area contributed by atoms with Crippen molar-refractivity contribution in [2.45, 2.75) is 24.4 Å². The number of aryl methyl sites for hydroxylation is 1. The summed E-state index contributed by atoms with van der Waals surface area (Å²) in [6.07, 6.45) is 3.40. The second-order valence-corrected chi connectivity index (χ2v) is 7.23. The average molecular weight is 417 g/mol. The highest BCUT2D eigenvalue weighted by molar-refractivity contribution is 7.98. The molecule has 0 aliphatic carbocycles. The maximum absolute atomic E-state index is 12.9. The molecule has 2 aromatic carbocycles. The van der Waals surface area contributed by atoms with Crippen LogP contribution in [0.4, 0.5) is 4.39 Å². The zero-order chi connectivity index (χ0) is 19.8. The fourth-order valence-corrected chi connectivity index (χ4v) is 3.07. The Morgan fingerprint density at radius 3 is 2.54 bits per heavy atom. The Kier molecular flexibility index (Phi) is 7.36. The van der Waals surface area contributed by atoms with Gasteiger partial charge in [-0.15, -0.1) is 5.10 Å². The SMILES string of the molecule is Cc1nnc(SCc2ccc(Cl)cc2)nc1C=CNOCc1ccc(F)cc1. The van der Waals surface area contributed by atoms with E-state index in [0.29, 0.717) is 28.2 Å². The van der Waals surface area contributed by atoms with Gasteiger partial charge in [0.25, 0.3) is 0 Å². The van der Waals surface area contributed by atoms with Gasteiger partial charge in [-0.2, -0.15) is 5.10 Å². The molecule has 0 unspecified atom stereocenters. The number of nitrogens with zero attached hydrogens (tertiary/aromatic N) is 3. The fraction of sp³-hybridized carbons (Fsp3) is 0.150. The molecule has 0 aliphatic heterocycles. The molecule has 0 fully saturated rings. The molecule has 144 valence electrons. The molecule has 1 N–H and O–H groups in total. The first-order valence-corrected chi connectivity index (χ1v) is 9.83. The van der Waals surface area contributed by atoms with Gasteiger partial charge in [0.05, 0.1) is 18.0 Å². The van der Waals surface area contributed by atoms with Gasteiger partial charge in [-0.05, 0) is 48.4 Å². The summed E-state index contributed by atoms with van der Waals surface area (Å²) in [6.45, 7) is 2.15. The third-order valence-corrected chi connectivity index (χ3v) is 4.86. The first-order chi connectivity index (χ1) is 13.6. The Labute approximate surface area is 172 Å². The molecule has 3 rings (SSSR count). The highest BCUT2D eigenvalue weighted by atomic mass is 35.5. The molecule has 28 heavy (non-hydrogen) atoms. The molecule has 0 spiro atoms. The van der Waals surface area contributed by atoms with Gasteiger partial charge in [-0.3, -0.25) is 10.3 Å². The highest BCUT2D eigenvalue weighted by Gasteiger charge is 2.05. The predicted octanol–water partition coefficient (Wildman–Crippen LogP) is 4.96. The standard InChI is InChI=1S/C20H18ClFN4OS/c1-14-19(10-11-23-27-12-15-4-8-18(22)9-5-15)24-20(26-25-14)28-13-16-2-6-17(21)7-3-16/h2-11,23H,12-13H2,1H3. The molecular formula is C20H18ClFN4OS. The lowest BCUT2D eigenvalue weighted by molar-refractivity contribution is 0.0581. The van der Waals surface area contributed by atoms with E-state index in [1.165, 1.54) is 23.9 Å². The number of halogens is 2. The summed E-state index contributed by atoms with van der Waals surface area (Å²) in [4.78, 5) is 9.84. The molecule has 1 aromatic heterocycles. The van der Waals surface area contributed by atoms with Crippen LogP contribution in [0, 0.1) is 12.7 Å². The first-order valence-electron chi connectivity index (χ1n) is 8.47. The molecule has 0 saturated heterocycles. The number of thioether (sulfide) groups is 1. The van der Waals surface area contributed by atoms with Crippen LogP contribution in [0.5, 0.6) is 0 Å². The molecule has 5 nitrogen and oxygen atoms in total. The normalized spacial score (nSPS) is 11.1. The molecule has 0 bridgehead atoms. The van der Waals surface area contributed by atoms with Crippen molar-refractivity contribution in [3.8, 4) is 0 Å². The third kappa shape index (κ3) is 6.30. The van der Waals surface area contributed by atoms with Crippen molar-refractivity contribution in [2.24, 2.45) is 0 Å². The molecular weight excluding hydrogens is 399 g/mol. The zero-order valence-electron chi connectivity index (χ0n) is 15.1. The molecule has 0 radical (unpaired) electrons. The smallest absolute Gasteiger partial charge is 0.209 e. The number of benzene rings is 2. The van der Waals surface area contributed by atoms with Crippen LogP contribution in [0.25, 0.3) is 6.08 Å². The lowest BCUT2D eigenvalue weighted by Crippen LogP contribution is -2.06. The van der Waals surface area contributed by atoms with Crippen LogP contribution in [-0.2, 0) is 17.2 Å². The van der Waals surface area contributed by atoms with Crippen LogP contribution in [0.2, 0.25) is 5.02 Å². The van der Waals surface area contributed by atoms with Crippen molar-refractivity contribution >= 4 is 29.4 Å². The maximum atomic E-state index is 12.9. The van der Waals surface area contributed by atoms with Gasteiger partial charge in [0, 0.05) is 17.0 Å². The summed E-state index contributed by atoms with van der Waals surface area (Å²) in [5.41, 5.74) is 6.14. The summed E-state index contributed by atoms with van der Waals surface area (Å²) in [7, 11) is 0. The van der Waals surface area contributed by atoms with Crippen molar-refractivity contribution in [3.05, 3.63) is 88.1 Å². The van der Waals surface area contributed by atoms with Gasteiger partial charge in [0.2, 0.25) is 5.16 Å². The lowest BCUT2D eigenvalue weighted by Gasteiger charge is -2.04. The van der Waals surface area contributed by atoms with Gasteiger partial charge in [-0.1, -0.05) is 47.6 Å². The van der Waals surface area contributed by atoms with Crippen LogP contribution in [0.1, 0.15) is 22.5 Å². The van der Waals surface area contributed by atoms with Crippen LogP contribution < -0.4 is 5.48 Å². The monoisotopic (exact) mass is 416 g/mol. The van der Waals surface area contributed by atoms with E-state index in [2.05, 4.69) is 20.7 Å². The second kappa shape index (κ2) is 10.2. The number of hydroxylamine groups is 1. The van der Waals surface area contributed by atoms with Crippen molar-refractivity contribution < 1.29 is 9.23 Å². The largest absolute Gasteiger partial charge is 0.274 e. The van der Waals surface area contributed by atoms with E-state index in [1.807, 2.05) is 31.2 Å². The Balaban J connectivity index is 1.51. The van der Waals surface area contributed by atoms with Crippen molar-refractivity contribution in [1.29, 1.82) is 0 Å². The molecule has 3 aromatic rings. The van der Waals surface area contributed by atoms with Crippen molar-refractivity contribution in [1.82, 2.24) is 20.7 Å². The number of rotatable bonds is 8. The van der Waals surface area contributed by atoms with Crippen LogP contribution in [-0.4, -0.2) is 15.2 Å². The van der Waals surface area contributed by atoms with Crippen LogP contribution in [0.15, 0.2) is 59.9 Å². The second-order valence-electron chi connectivity index (χ2n) is 5.85. The number of aromatic nitrogens is 3. The topological polar surface area (TPSA) is 59.9 Å². The minimum absolute atomic E-state index is 0.270. The quantitative estimate of drug-likeness (QED) is 0.318. The zero-order valence-corrected chi connectivity index (χ0v) is 16.7. The van der Waals surface area contributed by atoms with E-state index in [9.17, 15) is 4.39 Å². The van der Waals surface area contributed by atoms with E-state index < -0.39 is 0 Å². The summed E-state index contributed by atoms with van der Waals surface area (Å²) < 4.78 is 12.9. The minimum Gasteiger partial charge on any atom is -0.274 e. The Bertz CT molecular complexity index is 936. The summed E-state index contributed by atoms with van der Waals surface area (Å²) in [6, 6.07) is 13.8. The Morgan fingerprint density at radius 1 is 1.07 bits per heavy atom. The molecule has 0 saturated carbocycles. The maximum Gasteiger partial charge on any atom is 0.209 e. The van der Waals surface area contributed by atoms with Gasteiger partial charge >= 0.3 is 0 Å². The number of hydrogen-bond acceptors (Lipinski definition) is 6. The van der Waals surface area contributed by atoms with Crippen molar-refractivity contribution in [3.63, 3.8) is 0 Å². The van der Waals surface area contributed by atoms with E-state index in [1.54, 1.807) is 24.4 Å². The molecule has 0 aliphatic rings. The predicted molar refractivity (Wildman–Crippen MR) is 109 cm³/mol.